The zero-order chi connectivity index (χ0) is 23.0. The Morgan fingerprint density at radius 2 is 1.73 bits per heavy atom. The topological polar surface area (TPSA) is 54.0 Å². The first kappa shape index (κ1) is 20.9. The molecule has 4 aliphatic rings. The number of fused-ring (bicyclic) bond motifs is 1. The smallest absolute Gasteiger partial charge is 0.262 e. The minimum absolute atomic E-state index is 0.362. The number of hydrogen-bond donors (Lipinski definition) is 2. The van der Waals surface area contributed by atoms with Crippen LogP contribution in [0.3, 0.4) is 0 Å². The van der Waals surface area contributed by atoms with Crippen molar-refractivity contribution in [3.05, 3.63) is 71.7 Å². The molecule has 5 nitrogen and oxygen atoms in total. The second-order valence-corrected chi connectivity index (χ2v) is 9.68. The van der Waals surface area contributed by atoms with Gasteiger partial charge in [-0.15, -0.1) is 0 Å². The van der Waals surface area contributed by atoms with Crippen LogP contribution >= 0.6 is 0 Å². The maximum atomic E-state index is 15.1. The van der Waals surface area contributed by atoms with Crippen molar-refractivity contribution in [1.29, 1.82) is 0 Å². The zero-order valence-corrected chi connectivity index (χ0v) is 18.0. The van der Waals surface area contributed by atoms with Crippen molar-refractivity contribution in [3.8, 4) is 5.75 Å². The molecular formula is C25H25F3N2O3. The molecule has 33 heavy (non-hydrogen) atoms. The Kier molecular flexibility index (Phi) is 4.36. The Balaban J connectivity index is 1.14. The maximum absolute atomic E-state index is 15.1. The van der Waals surface area contributed by atoms with E-state index in [1.54, 1.807) is 30.3 Å². The quantitative estimate of drug-likeness (QED) is 0.446. The van der Waals surface area contributed by atoms with Crippen LogP contribution in [0.1, 0.15) is 49.0 Å². The summed E-state index contributed by atoms with van der Waals surface area (Å²) in [5.74, 6) is -3.52. The molecule has 8 heteroatoms. The van der Waals surface area contributed by atoms with Gasteiger partial charge in [0, 0.05) is 30.4 Å². The highest BCUT2D eigenvalue weighted by Crippen LogP contribution is 2.75. The molecule has 174 valence electrons. The average molecular weight is 458 g/mol. The number of piperidine rings is 1. The van der Waals surface area contributed by atoms with Crippen molar-refractivity contribution in [2.75, 3.05) is 18.4 Å². The normalized spacial score (nSPS) is 27.5. The van der Waals surface area contributed by atoms with Gasteiger partial charge in [-0.05, 0) is 43.4 Å². The van der Waals surface area contributed by atoms with E-state index in [-0.39, 0.29) is 5.82 Å². The highest BCUT2D eigenvalue weighted by molar-refractivity contribution is 5.61. The van der Waals surface area contributed by atoms with Crippen LogP contribution in [-0.2, 0) is 4.89 Å². The minimum Gasteiger partial charge on any atom is -0.464 e. The summed E-state index contributed by atoms with van der Waals surface area (Å²) in [5.41, 5.74) is 1.04. The Hall–Kier alpha value is -2.71. The van der Waals surface area contributed by atoms with Gasteiger partial charge in [-0.1, -0.05) is 30.8 Å². The summed E-state index contributed by atoms with van der Waals surface area (Å²) in [7, 11) is 0. The van der Waals surface area contributed by atoms with Crippen LogP contribution in [0.25, 0.3) is 0 Å². The van der Waals surface area contributed by atoms with Crippen LogP contribution in [0, 0.1) is 11.2 Å². The van der Waals surface area contributed by atoms with E-state index in [4.69, 9.17) is 4.74 Å². The molecule has 0 amide bonds. The largest absolute Gasteiger partial charge is 0.464 e. The van der Waals surface area contributed by atoms with Crippen LogP contribution < -0.4 is 10.1 Å². The number of nitrogens with zero attached hydrogens (tertiary/aromatic N) is 1. The zero-order valence-electron chi connectivity index (χ0n) is 18.0. The van der Waals surface area contributed by atoms with Crippen molar-refractivity contribution in [2.24, 2.45) is 5.41 Å². The van der Waals surface area contributed by atoms with Crippen LogP contribution in [0.5, 0.6) is 5.75 Å². The summed E-state index contributed by atoms with van der Waals surface area (Å²) in [6.07, 6.45) is 1.65. The minimum atomic E-state index is -2.76. The molecule has 2 aromatic rings. The highest BCUT2D eigenvalue weighted by atomic mass is 19.3. The van der Waals surface area contributed by atoms with Crippen LogP contribution in [0.4, 0.5) is 18.9 Å². The van der Waals surface area contributed by atoms with E-state index in [1.165, 1.54) is 12.1 Å². The Morgan fingerprint density at radius 1 is 1.06 bits per heavy atom. The molecule has 2 heterocycles. The molecule has 6 rings (SSSR count). The first-order valence-corrected chi connectivity index (χ1v) is 11.3. The summed E-state index contributed by atoms with van der Waals surface area (Å²) in [6, 6.07) is 11.4. The number of halogens is 3. The molecular weight excluding hydrogens is 433 g/mol. The standard InChI is InChI=1S/C25H25F3N2O3/c1-15(24(33-31)8-9-24)30-12-10-23(11-13-30)21(25(23,27)28)16-2-4-17(5-3-16)22-29-19-7-6-18(26)14-20(19)32-22/h2-7,14,21-22,29,31H,1,8-13H2/t21-,22?/m1/s1. The summed E-state index contributed by atoms with van der Waals surface area (Å²) >= 11 is 0. The van der Waals surface area contributed by atoms with Crippen molar-refractivity contribution in [3.63, 3.8) is 0 Å². The molecule has 2 saturated carbocycles. The lowest BCUT2D eigenvalue weighted by molar-refractivity contribution is -0.284. The fourth-order valence-corrected chi connectivity index (χ4v) is 5.69. The van der Waals surface area contributed by atoms with Gasteiger partial charge in [0.15, 0.2) is 6.23 Å². The first-order chi connectivity index (χ1) is 15.8. The Bertz CT molecular complexity index is 1110. The fraction of sp³-hybridized carbons (Fsp3) is 0.440. The van der Waals surface area contributed by atoms with Crippen molar-refractivity contribution < 1.29 is 28.1 Å². The lowest BCUT2D eigenvalue weighted by Crippen LogP contribution is -2.40. The van der Waals surface area contributed by atoms with Gasteiger partial charge in [-0.3, -0.25) is 5.26 Å². The van der Waals surface area contributed by atoms with E-state index in [0.29, 0.717) is 61.5 Å². The lowest BCUT2D eigenvalue weighted by Gasteiger charge is -2.37. The number of hydrogen-bond acceptors (Lipinski definition) is 5. The van der Waals surface area contributed by atoms with Gasteiger partial charge in [0.1, 0.15) is 17.2 Å². The SMILES string of the molecule is C=C(N1CCC2(CC1)[C@@H](c1ccc(C3Nc4ccc(F)cc4O3)cc1)C2(F)F)C1(OO)CC1. The summed E-state index contributed by atoms with van der Waals surface area (Å²) in [6.45, 7) is 5.00. The molecule has 2 atom stereocenters. The number of rotatable bonds is 5. The van der Waals surface area contributed by atoms with E-state index >= 15 is 8.78 Å². The fourth-order valence-electron chi connectivity index (χ4n) is 5.69. The van der Waals surface area contributed by atoms with E-state index in [2.05, 4.69) is 16.8 Å². The Morgan fingerprint density at radius 3 is 2.36 bits per heavy atom. The number of likely N-dealkylation sites (tertiary alicyclic amines) is 1. The molecule has 3 fully saturated rings. The van der Waals surface area contributed by atoms with E-state index < -0.39 is 29.1 Å². The van der Waals surface area contributed by atoms with Gasteiger partial charge >= 0.3 is 0 Å². The third-order valence-electron chi connectivity index (χ3n) is 7.99. The molecule has 0 aromatic heterocycles. The number of benzene rings is 2. The average Bonchev–Trinajstić information content (AvgIpc) is 3.64. The molecule has 2 aromatic carbocycles. The van der Waals surface area contributed by atoms with Gasteiger partial charge < -0.3 is 15.0 Å². The van der Waals surface area contributed by atoms with E-state index in [0.717, 1.165) is 5.56 Å². The summed E-state index contributed by atoms with van der Waals surface area (Å²) in [5, 5.41) is 12.3. The van der Waals surface area contributed by atoms with Gasteiger partial charge in [0.2, 0.25) is 0 Å². The molecule has 0 radical (unpaired) electrons. The third-order valence-corrected chi connectivity index (χ3v) is 7.99. The van der Waals surface area contributed by atoms with E-state index in [1.807, 2.05) is 4.90 Å². The molecule has 1 saturated heterocycles. The summed E-state index contributed by atoms with van der Waals surface area (Å²) < 4.78 is 49.4. The van der Waals surface area contributed by atoms with Crippen LogP contribution in [-0.4, -0.2) is 34.8 Å². The van der Waals surface area contributed by atoms with Crippen molar-refractivity contribution in [1.82, 2.24) is 4.90 Å². The van der Waals surface area contributed by atoms with Gasteiger partial charge in [0.25, 0.3) is 5.92 Å². The predicted octanol–water partition coefficient (Wildman–Crippen LogP) is 5.68. The van der Waals surface area contributed by atoms with Gasteiger partial charge in [-0.2, -0.15) is 0 Å². The van der Waals surface area contributed by atoms with Crippen molar-refractivity contribution >= 4 is 5.69 Å². The number of nitrogens with one attached hydrogen (secondary N) is 1. The van der Waals surface area contributed by atoms with Crippen LogP contribution in [0.15, 0.2) is 54.7 Å². The number of ether oxygens (including phenoxy) is 1. The highest BCUT2D eigenvalue weighted by Gasteiger charge is 2.80. The molecule has 2 N–H and O–H groups in total. The first-order valence-electron chi connectivity index (χ1n) is 11.3. The second kappa shape index (κ2) is 6.90. The van der Waals surface area contributed by atoms with Crippen molar-refractivity contribution in [2.45, 2.75) is 49.4 Å². The molecule has 1 unspecified atom stereocenters. The van der Waals surface area contributed by atoms with Gasteiger partial charge in [0.05, 0.1) is 17.0 Å². The predicted molar refractivity (Wildman–Crippen MR) is 116 cm³/mol. The molecule has 2 aliphatic carbocycles. The summed E-state index contributed by atoms with van der Waals surface area (Å²) in [4.78, 5) is 6.60. The monoisotopic (exact) mass is 458 g/mol. The molecule has 0 bridgehead atoms. The molecule has 2 aliphatic heterocycles. The number of alkyl halides is 2. The second-order valence-electron chi connectivity index (χ2n) is 9.68. The Labute approximate surface area is 189 Å². The lowest BCUT2D eigenvalue weighted by atomic mass is 9.87. The molecule has 1 spiro atoms. The van der Waals surface area contributed by atoms with Crippen LogP contribution in [0.2, 0.25) is 0 Å². The van der Waals surface area contributed by atoms with E-state index in [9.17, 15) is 9.65 Å². The number of anilines is 1. The third kappa shape index (κ3) is 3.00. The maximum Gasteiger partial charge on any atom is 0.262 e. The van der Waals surface area contributed by atoms with Gasteiger partial charge in [-0.25, -0.2) is 18.1 Å².